The molecule has 3 rings (SSSR count). The number of carbonyl (C=O) groups excluding carboxylic acids is 2. The lowest BCUT2D eigenvalue weighted by Crippen LogP contribution is -2.56. The first-order valence-electron chi connectivity index (χ1n) is 9.56. The molecule has 0 aliphatic carbocycles. The normalized spacial score (nSPS) is 16.6. The minimum atomic E-state index is -1.03. The molecule has 2 heterocycles. The average Bonchev–Trinajstić information content (AvgIpc) is 3.14. The smallest absolute Gasteiger partial charge is 0.326 e. The number of hydrogen-bond donors (Lipinski definition) is 3. The number of aromatic nitrogens is 1. The molecule has 8 nitrogen and oxygen atoms in total. The van der Waals surface area contributed by atoms with Gasteiger partial charge >= 0.3 is 12.0 Å². The number of benzene rings is 1. The monoisotopic (exact) mass is 386 g/mol. The van der Waals surface area contributed by atoms with Crippen molar-refractivity contribution < 1.29 is 19.5 Å². The van der Waals surface area contributed by atoms with Gasteiger partial charge in [0.25, 0.3) is 5.91 Å². The highest BCUT2D eigenvalue weighted by Gasteiger charge is 2.30. The Hall–Kier alpha value is -3.03. The molecule has 0 radical (unpaired) electrons. The van der Waals surface area contributed by atoms with Crippen molar-refractivity contribution in [3.8, 4) is 0 Å². The first-order valence-corrected chi connectivity index (χ1v) is 9.56. The van der Waals surface area contributed by atoms with E-state index in [4.69, 9.17) is 0 Å². The Morgan fingerprint density at radius 3 is 2.43 bits per heavy atom. The van der Waals surface area contributed by atoms with Gasteiger partial charge in [0, 0.05) is 43.3 Å². The molecule has 3 amide bonds. The standard InChI is InChI=1S/C20H26N4O4/c1-3-13(2)17(19(26)27)22-20(28)24-10-8-23(9-11-24)18(25)15-12-21-16-7-5-4-6-14(15)16/h4-7,12-13,17,21H,3,8-11H2,1-2H3,(H,22,28)(H,26,27)/t13?,17-/m0/s1. The van der Waals surface area contributed by atoms with E-state index >= 15 is 0 Å². The summed E-state index contributed by atoms with van der Waals surface area (Å²) in [5.41, 5.74) is 1.53. The van der Waals surface area contributed by atoms with Gasteiger partial charge in [-0.05, 0) is 12.0 Å². The van der Waals surface area contributed by atoms with Crippen LogP contribution in [0.25, 0.3) is 10.9 Å². The zero-order chi connectivity index (χ0) is 20.3. The first kappa shape index (κ1) is 19.7. The van der Waals surface area contributed by atoms with Crippen LogP contribution in [0.4, 0.5) is 4.79 Å². The SMILES string of the molecule is CCC(C)[C@H](NC(=O)N1CCN(C(=O)c2c[nH]c3ccccc23)CC1)C(=O)O. The van der Waals surface area contributed by atoms with E-state index in [9.17, 15) is 19.5 Å². The molecule has 1 unspecified atom stereocenters. The molecule has 28 heavy (non-hydrogen) atoms. The Bertz CT molecular complexity index is 870. The predicted molar refractivity (Wildman–Crippen MR) is 105 cm³/mol. The fourth-order valence-corrected chi connectivity index (χ4v) is 3.44. The minimum Gasteiger partial charge on any atom is -0.480 e. The number of aliphatic carboxylic acids is 1. The van der Waals surface area contributed by atoms with Crippen LogP contribution in [0.3, 0.4) is 0 Å². The maximum atomic E-state index is 12.9. The number of carboxylic acids is 1. The fraction of sp³-hybridized carbons (Fsp3) is 0.450. The summed E-state index contributed by atoms with van der Waals surface area (Å²) in [6, 6.07) is 6.32. The third-order valence-electron chi connectivity index (χ3n) is 5.43. The lowest BCUT2D eigenvalue weighted by molar-refractivity contribution is -0.140. The molecule has 1 aromatic heterocycles. The zero-order valence-corrected chi connectivity index (χ0v) is 16.1. The number of nitrogens with zero attached hydrogens (tertiary/aromatic N) is 2. The Kier molecular flexibility index (Phi) is 5.87. The van der Waals surface area contributed by atoms with Crippen LogP contribution >= 0.6 is 0 Å². The van der Waals surface area contributed by atoms with E-state index in [1.54, 1.807) is 22.9 Å². The summed E-state index contributed by atoms with van der Waals surface area (Å²) in [4.78, 5) is 43.1. The molecule has 1 aliphatic rings. The van der Waals surface area contributed by atoms with E-state index in [1.165, 1.54) is 0 Å². The van der Waals surface area contributed by atoms with Crippen molar-refractivity contribution in [2.75, 3.05) is 26.2 Å². The molecular weight excluding hydrogens is 360 g/mol. The van der Waals surface area contributed by atoms with E-state index < -0.39 is 18.0 Å². The number of carboxylic acid groups (broad SMARTS) is 1. The predicted octanol–water partition coefficient (Wildman–Crippen LogP) is 2.13. The molecule has 1 saturated heterocycles. The van der Waals surface area contributed by atoms with Gasteiger partial charge in [-0.2, -0.15) is 0 Å². The third kappa shape index (κ3) is 3.95. The maximum Gasteiger partial charge on any atom is 0.326 e. The first-order chi connectivity index (χ1) is 13.4. The topological polar surface area (TPSA) is 106 Å². The number of rotatable bonds is 5. The van der Waals surface area contributed by atoms with Crippen molar-refractivity contribution in [3.63, 3.8) is 0 Å². The second kappa shape index (κ2) is 8.33. The molecule has 3 N–H and O–H groups in total. The quantitative estimate of drug-likeness (QED) is 0.732. The van der Waals surface area contributed by atoms with Crippen LogP contribution in [-0.4, -0.2) is 70.0 Å². The Morgan fingerprint density at radius 2 is 1.79 bits per heavy atom. The number of H-pyrrole nitrogens is 1. The lowest BCUT2D eigenvalue weighted by Gasteiger charge is -2.35. The van der Waals surface area contributed by atoms with E-state index in [0.29, 0.717) is 38.2 Å². The van der Waals surface area contributed by atoms with Crippen LogP contribution in [-0.2, 0) is 4.79 Å². The summed E-state index contributed by atoms with van der Waals surface area (Å²) in [6.07, 6.45) is 2.37. The minimum absolute atomic E-state index is 0.0690. The van der Waals surface area contributed by atoms with Crippen molar-refractivity contribution >= 4 is 28.8 Å². The van der Waals surface area contributed by atoms with Crippen molar-refractivity contribution in [2.45, 2.75) is 26.3 Å². The zero-order valence-electron chi connectivity index (χ0n) is 16.1. The molecule has 0 spiro atoms. The molecule has 1 fully saturated rings. The number of carbonyl (C=O) groups is 3. The second-order valence-corrected chi connectivity index (χ2v) is 7.18. The molecule has 2 atom stereocenters. The van der Waals surface area contributed by atoms with Gasteiger partial charge in [-0.3, -0.25) is 4.79 Å². The molecule has 0 saturated carbocycles. The van der Waals surface area contributed by atoms with Crippen LogP contribution in [0.1, 0.15) is 30.6 Å². The summed E-state index contributed by atoms with van der Waals surface area (Å²) in [7, 11) is 0. The van der Waals surface area contributed by atoms with Gasteiger partial charge in [0.2, 0.25) is 0 Å². The van der Waals surface area contributed by atoms with Crippen LogP contribution in [0, 0.1) is 5.92 Å². The van der Waals surface area contributed by atoms with Crippen LogP contribution < -0.4 is 5.32 Å². The van der Waals surface area contributed by atoms with Crippen LogP contribution in [0.15, 0.2) is 30.5 Å². The van der Waals surface area contributed by atoms with Gasteiger partial charge < -0.3 is 25.2 Å². The average molecular weight is 386 g/mol. The van der Waals surface area contributed by atoms with E-state index in [2.05, 4.69) is 10.3 Å². The summed E-state index contributed by atoms with van der Waals surface area (Å²) in [6.45, 7) is 5.25. The number of aromatic amines is 1. The van der Waals surface area contributed by atoms with Crippen LogP contribution in [0.2, 0.25) is 0 Å². The number of hydrogen-bond acceptors (Lipinski definition) is 3. The lowest BCUT2D eigenvalue weighted by atomic mass is 9.99. The van der Waals surface area contributed by atoms with Crippen molar-refractivity contribution in [3.05, 3.63) is 36.0 Å². The molecule has 0 bridgehead atoms. The highest BCUT2D eigenvalue weighted by atomic mass is 16.4. The molecule has 8 heteroatoms. The number of fused-ring (bicyclic) bond motifs is 1. The highest BCUT2D eigenvalue weighted by Crippen LogP contribution is 2.20. The Morgan fingerprint density at radius 1 is 1.14 bits per heavy atom. The molecular formula is C20H26N4O4. The summed E-state index contributed by atoms with van der Waals surface area (Å²) in [5.74, 6) is -1.26. The Balaban J connectivity index is 1.60. The van der Waals surface area contributed by atoms with Gasteiger partial charge in [-0.1, -0.05) is 38.5 Å². The van der Waals surface area contributed by atoms with E-state index in [-0.39, 0.29) is 11.8 Å². The van der Waals surface area contributed by atoms with Crippen molar-refractivity contribution in [1.82, 2.24) is 20.1 Å². The van der Waals surface area contributed by atoms with Crippen LogP contribution in [0.5, 0.6) is 0 Å². The van der Waals surface area contributed by atoms with Gasteiger partial charge in [0.15, 0.2) is 0 Å². The second-order valence-electron chi connectivity index (χ2n) is 7.18. The van der Waals surface area contributed by atoms with Crippen molar-refractivity contribution in [1.29, 1.82) is 0 Å². The molecule has 2 aromatic rings. The molecule has 1 aliphatic heterocycles. The summed E-state index contributed by atoms with van der Waals surface area (Å²) >= 11 is 0. The highest BCUT2D eigenvalue weighted by molar-refractivity contribution is 6.06. The van der Waals surface area contributed by atoms with Gasteiger partial charge in [0.05, 0.1) is 5.56 Å². The summed E-state index contributed by atoms with van der Waals surface area (Å²) < 4.78 is 0. The van der Waals surface area contributed by atoms with Gasteiger partial charge in [0.1, 0.15) is 6.04 Å². The number of urea groups is 1. The Labute approximate surface area is 163 Å². The van der Waals surface area contributed by atoms with Gasteiger partial charge in [-0.15, -0.1) is 0 Å². The summed E-state index contributed by atoms with van der Waals surface area (Å²) in [5, 5.41) is 12.8. The third-order valence-corrected chi connectivity index (χ3v) is 5.43. The number of piperazine rings is 1. The number of nitrogens with one attached hydrogen (secondary N) is 2. The largest absolute Gasteiger partial charge is 0.480 e. The number of amides is 3. The number of para-hydroxylation sites is 1. The fourth-order valence-electron chi connectivity index (χ4n) is 3.44. The van der Waals surface area contributed by atoms with Crippen molar-refractivity contribution in [2.24, 2.45) is 5.92 Å². The molecule has 150 valence electrons. The maximum absolute atomic E-state index is 12.9. The van der Waals surface area contributed by atoms with E-state index in [1.807, 2.05) is 31.2 Å². The van der Waals surface area contributed by atoms with E-state index in [0.717, 1.165) is 10.9 Å². The molecule has 1 aromatic carbocycles. The van der Waals surface area contributed by atoms with Gasteiger partial charge in [-0.25, -0.2) is 9.59 Å².